The van der Waals surface area contributed by atoms with E-state index in [2.05, 4.69) is 38.2 Å². The number of aliphatic carboxylic acids is 1. The molecule has 0 rings (SSSR count). The Morgan fingerprint density at radius 3 is 1.00 bits per heavy atom. The lowest BCUT2D eigenvalue weighted by Crippen LogP contribution is -2.13. The summed E-state index contributed by atoms with van der Waals surface area (Å²) in [6.07, 6.45) is 44.9. The van der Waals surface area contributed by atoms with Crippen LogP contribution in [0.1, 0.15) is 194 Å². The Hall–Kier alpha value is -1.05. The molecule has 0 amide bonds. The molecule has 1 unspecified atom stereocenters. The number of carboxylic acids is 1. The van der Waals surface area contributed by atoms with E-state index in [0.717, 1.165) is 25.7 Å². The summed E-state index contributed by atoms with van der Waals surface area (Å²) in [6.45, 7) is 4.55. The van der Waals surface area contributed by atoms with Gasteiger partial charge in [-0.15, -0.1) is 0 Å². The minimum atomic E-state index is -0.574. The summed E-state index contributed by atoms with van der Waals surface area (Å²) in [5.41, 5.74) is 0. The van der Waals surface area contributed by atoms with Crippen LogP contribution in [0.2, 0.25) is 0 Å². The van der Waals surface area contributed by atoms with Crippen molar-refractivity contribution in [2.45, 2.75) is 194 Å². The third-order valence-corrected chi connectivity index (χ3v) is 7.98. The van der Waals surface area contributed by atoms with Crippen LogP contribution in [0, 0.1) is 5.92 Å². The van der Waals surface area contributed by atoms with Crippen molar-refractivity contribution < 1.29 is 9.90 Å². The van der Waals surface area contributed by atoms with E-state index in [1.165, 1.54) is 154 Å². The van der Waals surface area contributed by atoms with Crippen molar-refractivity contribution in [1.82, 2.24) is 0 Å². The summed E-state index contributed by atoms with van der Waals surface area (Å²) < 4.78 is 0. The molecule has 0 aliphatic heterocycles. The van der Waals surface area contributed by atoms with E-state index < -0.39 is 5.97 Å². The summed E-state index contributed by atoms with van der Waals surface area (Å²) in [4.78, 5) is 11.6. The van der Waals surface area contributed by atoms with Gasteiger partial charge in [0.2, 0.25) is 0 Å². The van der Waals surface area contributed by atoms with Gasteiger partial charge in [-0.3, -0.25) is 4.79 Å². The fraction of sp³-hybridized carbons (Fsp3) is 0.861. The lowest BCUT2D eigenvalue weighted by atomic mass is 9.94. The summed E-state index contributed by atoms with van der Waals surface area (Å²) in [5, 5.41) is 9.59. The van der Waals surface area contributed by atoms with Crippen molar-refractivity contribution in [3.05, 3.63) is 24.3 Å². The molecule has 0 aliphatic rings. The Morgan fingerprint density at radius 2 is 0.711 bits per heavy atom. The molecular formula is C36H68O2. The van der Waals surface area contributed by atoms with E-state index in [9.17, 15) is 9.90 Å². The molecule has 0 saturated heterocycles. The smallest absolute Gasteiger partial charge is 0.306 e. The number of carbonyl (C=O) groups is 1. The Bertz CT molecular complexity index is 521. The third kappa shape index (κ3) is 29.5. The van der Waals surface area contributed by atoms with Crippen LogP contribution in [-0.2, 0) is 4.79 Å². The highest BCUT2D eigenvalue weighted by molar-refractivity contribution is 5.69. The van der Waals surface area contributed by atoms with Gasteiger partial charge in [-0.1, -0.05) is 154 Å². The molecule has 0 heterocycles. The van der Waals surface area contributed by atoms with Crippen molar-refractivity contribution in [3.8, 4) is 0 Å². The van der Waals surface area contributed by atoms with E-state index >= 15 is 0 Å². The maximum absolute atomic E-state index is 11.6. The van der Waals surface area contributed by atoms with Gasteiger partial charge in [0.1, 0.15) is 0 Å². The Balaban J connectivity index is 3.49. The molecule has 0 bridgehead atoms. The van der Waals surface area contributed by atoms with Crippen molar-refractivity contribution in [1.29, 1.82) is 0 Å². The molecule has 0 aromatic rings. The normalized spacial score (nSPS) is 12.7. The third-order valence-electron chi connectivity index (χ3n) is 7.98. The zero-order chi connectivity index (χ0) is 27.8. The second-order valence-electron chi connectivity index (χ2n) is 11.8. The number of hydrogen-bond acceptors (Lipinski definition) is 1. The van der Waals surface area contributed by atoms with Crippen LogP contribution in [0.4, 0.5) is 0 Å². The summed E-state index contributed by atoms with van der Waals surface area (Å²) in [5.74, 6) is -0.695. The number of hydrogen-bond donors (Lipinski definition) is 1. The van der Waals surface area contributed by atoms with Crippen molar-refractivity contribution in [3.63, 3.8) is 0 Å². The molecule has 38 heavy (non-hydrogen) atoms. The molecule has 0 aromatic heterocycles. The highest BCUT2D eigenvalue weighted by Crippen LogP contribution is 2.20. The Labute approximate surface area is 239 Å². The van der Waals surface area contributed by atoms with Crippen LogP contribution in [-0.4, -0.2) is 11.1 Å². The van der Waals surface area contributed by atoms with Gasteiger partial charge in [-0.25, -0.2) is 0 Å². The number of rotatable bonds is 31. The highest BCUT2D eigenvalue weighted by Gasteiger charge is 2.16. The Kier molecular flexibility index (Phi) is 31.3. The van der Waals surface area contributed by atoms with E-state index in [1.54, 1.807) is 0 Å². The van der Waals surface area contributed by atoms with Gasteiger partial charge in [0.15, 0.2) is 0 Å². The molecule has 0 fully saturated rings. The molecule has 0 aliphatic carbocycles. The van der Waals surface area contributed by atoms with Crippen molar-refractivity contribution in [2.75, 3.05) is 0 Å². The zero-order valence-electron chi connectivity index (χ0n) is 26.0. The molecule has 0 spiro atoms. The fourth-order valence-corrected chi connectivity index (χ4v) is 5.31. The first-order valence-electron chi connectivity index (χ1n) is 17.2. The predicted octanol–water partition coefficient (Wildman–Crippen LogP) is 12.8. The molecule has 1 N–H and O–H groups in total. The van der Waals surface area contributed by atoms with Crippen LogP contribution >= 0.6 is 0 Å². The monoisotopic (exact) mass is 533 g/mol. The van der Waals surface area contributed by atoms with Gasteiger partial charge in [0, 0.05) is 0 Å². The average Bonchev–Trinajstić information content (AvgIpc) is 2.91. The van der Waals surface area contributed by atoms with Gasteiger partial charge in [0.05, 0.1) is 5.92 Å². The van der Waals surface area contributed by atoms with E-state index in [4.69, 9.17) is 0 Å². The van der Waals surface area contributed by atoms with Crippen LogP contribution in [0.3, 0.4) is 0 Å². The fourth-order valence-electron chi connectivity index (χ4n) is 5.31. The first-order chi connectivity index (χ1) is 18.7. The van der Waals surface area contributed by atoms with Crippen LogP contribution < -0.4 is 0 Å². The molecule has 1 atom stereocenters. The minimum absolute atomic E-state index is 0.121. The SMILES string of the molecule is CCCCCCCCC=CCCCCCCCCC(CCCCCCC=CCCCCCCCC)C(=O)O. The lowest BCUT2D eigenvalue weighted by molar-refractivity contribution is -0.142. The summed E-state index contributed by atoms with van der Waals surface area (Å²) in [6, 6.07) is 0. The van der Waals surface area contributed by atoms with E-state index in [1.807, 2.05) is 0 Å². The van der Waals surface area contributed by atoms with Crippen LogP contribution in [0.15, 0.2) is 24.3 Å². The number of allylic oxidation sites excluding steroid dienone is 4. The molecule has 224 valence electrons. The van der Waals surface area contributed by atoms with Crippen LogP contribution in [0.5, 0.6) is 0 Å². The van der Waals surface area contributed by atoms with E-state index in [-0.39, 0.29) is 5.92 Å². The van der Waals surface area contributed by atoms with Gasteiger partial charge >= 0.3 is 5.97 Å². The summed E-state index contributed by atoms with van der Waals surface area (Å²) in [7, 11) is 0. The summed E-state index contributed by atoms with van der Waals surface area (Å²) >= 11 is 0. The van der Waals surface area contributed by atoms with Crippen molar-refractivity contribution in [2.24, 2.45) is 5.92 Å². The average molecular weight is 533 g/mol. The Morgan fingerprint density at radius 1 is 0.447 bits per heavy atom. The number of carboxylic acid groups (broad SMARTS) is 1. The lowest BCUT2D eigenvalue weighted by Gasteiger charge is -2.12. The zero-order valence-corrected chi connectivity index (χ0v) is 26.0. The molecule has 0 aromatic carbocycles. The topological polar surface area (TPSA) is 37.3 Å². The number of unbranched alkanes of at least 4 members (excludes halogenated alkanes) is 22. The molecule has 0 radical (unpaired) electrons. The first kappa shape index (κ1) is 37.0. The van der Waals surface area contributed by atoms with Gasteiger partial charge < -0.3 is 5.11 Å². The second kappa shape index (κ2) is 32.2. The minimum Gasteiger partial charge on any atom is -0.481 e. The molecule has 0 saturated carbocycles. The quantitative estimate of drug-likeness (QED) is 0.0712. The maximum Gasteiger partial charge on any atom is 0.306 e. The van der Waals surface area contributed by atoms with Gasteiger partial charge in [0.25, 0.3) is 0 Å². The second-order valence-corrected chi connectivity index (χ2v) is 11.8. The predicted molar refractivity (Wildman–Crippen MR) is 170 cm³/mol. The van der Waals surface area contributed by atoms with Crippen molar-refractivity contribution >= 4 is 5.97 Å². The highest BCUT2D eigenvalue weighted by atomic mass is 16.4. The van der Waals surface area contributed by atoms with Gasteiger partial charge in [-0.2, -0.15) is 0 Å². The van der Waals surface area contributed by atoms with Gasteiger partial charge in [-0.05, 0) is 64.2 Å². The molecule has 2 heteroatoms. The molecular weight excluding hydrogens is 464 g/mol. The van der Waals surface area contributed by atoms with Crippen LogP contribution in [0.25, 0.3) is 0 Å². The standard InChI is InChI=1S/C36H68O2/c1-3-5-7-9-11-13-15-17-19-20-22-24-26-28-30-32-34-35(36(37)38)33-31-29-27-25-23-21-18-16-14-12-10-8-6-4-2/h17-19,21,35H,3-16,20,22-34H2,1-2H3,(H,37,38). The van der Waals surface area contributed by atoms with E-state index in [0.29, 0.717) is 0 Å². The largest absolute Gasteiger partial charge is 0.481 e. The maximum atomic E-state index is 11.6. The molecule has 2 nitrogen and oxygen atoms in total. The first-order valence-corrected chi connectivity index (χ1v) is 17.2.